The Bertz CT molecular complexity index is 1440. The third kappa shape index (κ3) is 3.08. The second-order valence-electron chi connectivity index (χ2n) is 9.66. The molecule has 1 fully saturated rings. The highest BCUT2D eigenvalue weighted by atomic mass is 16.7. The second-order valence-corrected chi connectivity index (χ2v) is 9.66. The first-order chi connectivity index (χ1) is 16.0. The van der Waals surface area contributed by atoms with Gasteiger partial charge in [0.15, 0.2) is 0 Å². The smallest absolute Gasteiger partial charge is 0.507 e. The van der Waals surface area contributed by atoms with Crippen LogP contribution >= 0.6 is 0 Å². The first-order valence-electron chi connectivity index (χ1n) is 11.7. The summed E-state index contributed by atoms with van der Waals surface area (Å²) in [5.41, 5.74) is 2.98. The molecule has 2 aliphatic rings. The van der Waals surface area contributed by atoms with Crippen LogP contribution in [0.3, 0.4) is 0 Å². The molecule has 4 heteroatoms. The van der Waals surface area contributed by atoms with Gasteiger partial charge in [-0.3, -0.25) is 0 Å². The fraction of sp³-hybridized carbons (Fsp3) is 0.276. The van der Waals surface area contributed by atoms with Crippen molar-refractivity contribution in [2.75, 3.05) is 0 Å². The molecule has 4 nitrogen and oxygen atoms in total. The lowest BCUT2D eigenvalue weighted by Crippen LogP contribution is -2.19. The highest BCUT2D eigenvalue weighted by molar-refractivity contribution is 5.98. The topological polar surface area (TPSA) is 55.8 Å². The average molecular weight is 439 g/mol. The Morgan fingerprint density at radius 3 is 2.67 bits per heavy atom. The zero-order valence-electron chi connectivity index (χ0n) is 18.9. The third-order valence-corrected chi connectivity index (χ3v) is 7.60. The first-order valence-corrected chi connectivity index (χ1v) is 11.7. The molecule has 1 saturated carbocycles. The predicted octanol–water partition coefficient (Wildman–Crippen LogP) is 7.38. The fourth-order valence-corrected chi connectivity index (χ4v) is 5.98. The third-order valence-electron chi connectivity index (χ3n) is 7.60. The van der Waals surface area contributed by atoms with E-state index in [1.165, 1.54) is 0 Å². The van der Waals surface area contributed by atoms with E-state index in [0.29, 0.717) is 17.2 Å². The summed E-state index contributed by atoms with van der Waals surface area (Å²) in [4.78, 5) is 13.0. The zero-order valence-corrected chi connectivity index (χ0v) is 18.9. The molecule has 4 aromatic carbocycles. The number of phenolic OH excluding ortho intramolecular Hbond substituents is 1. The molecule has 33 heavy (non-hydrogen) atoms. The van der Waals surface area contributed by atoms with Crippen LogP contribution < -0.4 is 9.47 Å². The van der Waals surface area contributed by atoms with Gasteiger partial charge >= 0.3 is 6.16 Å². The summed E-state index contributed by atoms with van der Waals surface area (Å²) in [6, 6.07) is 19.5. The van der Waals surface area contributed by atoms with Crippen LogP contribution in [0.1, 0.15) is 55.7 Å². The quantitative estimate of drug-likeness (QED) is 0.268. The van der Waals surface area contributed by atoms with Crippen LogP contribution in [-0.2, 0) is 11.8 Å². The van der Waals surface area contributed by atoms with Gasteiger partial charge in [0.1, 0.15) is 17.2 Å². The summed E-state index contributed by atoms with van der Waals surface area (Å²) in [6.45, 7) is 4.30. The lowest BCUT2D eigenvalue weighted by molar-refractivity contribution is 0.152. The standard InChI is InChI=1S/C29H26O4/c1-3-17-8-11-22-23(14-17)27(24-20-12-13-29(2,16-20)25(24)26(22)30)33-28(31)32-21-10-9-18-6-4-5-7-19(18)15-21/h4-11,14-15,20,30H,3,12-13,16H2,1-2H3. The van der Waals surface area contributed by atoms with Crippen molar-refractivity contribution < 1.29 is 19.4 Å². The van der Waals surface area contributed by atoms with E-state index in [4.69, 9.17) is 9.47 Å². The van der Waals surface area contributed by atoms with Crippen LogP contribution in [0.15, 0.2) is 60.7 Å². The van der Waals surface area contributed by atoms with Crippen molar-refractivity contribution in [2.45, 2.75) is 50.9 Å². The minimum absolute atomic E-state index is 0.0813. The van der Waals surface area contributed by atoms with Crippen LogP contribution in [0.4, 0.5) is 4.79 Å². The maximum atomic E-state index is 13.0. The normalized spacial score (nSPS) is 20.8. The zero-order chi connectivity index (χ0) is 22.7. The molecule has 6 rings (SSSR count). The average Bonchev–Trinajstić information content (AvgIpc) is 3.35. The molecule has 0 heterocycles. The molecule has 1 N–H and O–H groups in total. The summed E-state index contributed by atoms with van der Waals surface area (Å²) < 4.78 is 11.6. The fourth-order valence-electron chi connectivity index (χ4n) is 5.98. The number of rotatable bonds is 3. The van der Waals surface area contributed by atoms with Crippen molar-refractivity contribution in [1.29, 1.82) is 0 Å². The van der Waals surface area contributed by atoms with E-state index in [9.17, 15) is 9.90 Å². The van der Waals surface area contributed by atoms with Gasteiger partial charge in [-0.25, -0.2) is 4.79 Å². The van der Waals surface area contributed by atoms with Crippen LogP contribution in [-0.4, -0.2) is 11.3 Å². The van der Waals surface area contributed by atoms with Crippen molar-refractivity contribution in [1.82, 2.24) is 0 Å². The van der Waals surface area contributed by atoms with Crippen molar-refractivity contribution in [3.05, 3.63) is 77.4 Å². The molecule has 0 aliphatic heterocycles. The van der Waals surface area contributed by atoms with Crippen molar-refractivity contribution in [3.63, 3.8) is 0 Å². The first kappa shape index (κ1) is 20.1. The summed E-state index contributed by atoms with van der Waals surface area (Å²) in [5, 5.41) is 14.8. The summed E-state index contributed by atoms with van der Waals surface area (Å²) in [5.74, 6) is 1.62. The number of hydrogen-bond donors (Lipinski definition) is 1. The van der Waals surface area contributed by atoms with Crippen LogP contribution in [0.2, 0.25) is 0 Å². The van der Waals surface area contributed by atoms with Crippen LogP contribution in [0.5, 0.6) is 17.2 Å². The van der Waals surface area contributed by atoms with Gasteiger partial charge in [-0.1, -0.05) is 56.3 Å². The summed E-state index contributed by atoms with van der Waals surface area (Å²) >= 11 is 0. The molecule has 2 aliphatic carbocycles. The monoisotopic (exact) mass is 438 g/mol. The number of ether oxygens (including phenoxy) is 2. The molecule has 166 valence electrons. The van der Waals surface area contributed by atoms with E-state index >= 15 is 0 Å². The second kappa shape index (κ2) is 7.24. The number of aryl methyl sites for hydroxylation is 1. The van der Waals surface area contributed by atoms with E-state index in [2.05, 4.69) is 13.8 Å². The number of phenols is 1. The molecule has 0 amide bonds. The number of fused-ring (bicyclic) bond motifs is 7. The maximum absolute atomic E-state index is 13.0. The Balaban J connectivity index is 1.44. The van der Waals surface area contributed by atoms with Gasteiger partial charge in [0, 0.05) is 21.9 Å². The van der Waals surface area contributed by atoms with Gasteiger partial charge in [-0.05, 0) is 71.6 Å². The van der Waals surface area contributed by atoms with Gasteiger partial charge in [-0.2, -0.15) is 0 Å². The Morgan fingerprint density at radius 1 is 1.03 bits per heavy atom. The molecule has 2 unspecified atom stereocenters. The highest BCUT2D eigenvalue weighted by Gasteiger charge is 2.50. The highest BCUT2D eigenvalue weighted by Crippen LogP contribution is 2.63. The molecule has 2 bridgehead atoms. The minimum atomic E-state index is -0.755. The summed E-state index contributed by atoms with van der Waals surface area (Å²) in [7, 11) is 0. The van der Waals surface area contributed by atoms with Gasteiger partial charge < -0.3 is 14.6 Å². The summed E-state index contributed by atoms with van der Waals surface area (Å²) in [6.07, 6.45) is 3.16. The van der Waals surface area contributed by atoms with Gasteiger partial charge in [0.05, 0.1) is 0 Å². The lowest BCUT2D eigenvalue weighted by atomic mass is 9.78. The van der Waals surface area contributed by atoms with Crippen molar-refractivity contribution in [3.8, 4) is 17.2 Å². The van der Waals surface area contributed by atoms with Crippen LogP contribution in [0.25, 0.3) is 21.5 Å². The minimum Gasteiger partial charge on any atom is -0.507 e. The Labute approximate surface area is 192 Å². The Hall–Kier alpha value is -3.53. The maximum Gasteiger partial charge on any atom is 0.519 e. The molecule has 0 aromatic heterocycles. The Kier molecular flexibility index (Phi) is 4.41. The lowest BCUT2D eigenvalue weighted by Gasteiger charge is -2.28. The van der Waals surface area contributed by atoms with Crippen molar-refractivity contribution in [2.24, 2.45) is 0 Å². The van der Waals surface area contributed by atoms with E-state index in [1.54, 1.807) is 6.07 Å². The van der Waals surface area contributed by atoms with E-state index in [-0.39, 0.29) is 11.3 Å². The molecule has 0 radical (unpaired) electrons. The van der Waals surface area contributed by atoms with Crippen LogP contribution in [0, 0.1) is 0 Å². The van der Waals surface area contributed by atoms with E-state index in [1.807, 2.05) is 54.6 Å². The number of carbonyl (C=O) groups is 1. The number of carbonyl (C=O) groups excluding carboxylic acids is 1. The SMILES string of the molecule is CCc1ccc2c(O)c3c(c(OC(=O)Oc4ccc5ccccc5c4)c2c1)C1CCC3(C)C1. The van der Waals surface area contributed by atoms with Gasteiger partial charge in [0.2, 0.25) is 0 Å². The molecule has 0 spiro atoms. The molecular weight excluding hydrogens is 412 g/mol. The predicted molar refractivity (Wildman–Crippen MR) is 130 cm³/mol. The Morgan fingerprint density at radius 2 is 1.85 bits per heavy atom. The molecule has 2 atom stereocenters. The van der Waals surface area contributed by atoms with E-state index < -0.39 is 6.16 Å². The number of benzene rings is 4. The van der Waals surface area contributed by atoms with Crippen molar-refractivity contribution >= 4 is 27.7 Å². The van der Waals surface area contributed by atoms with Gasteiger partial charge in [-0.15, -0.1) is 0 Å². The molecule has 0 saturated heterocycles. The largest absolute Gasteiger partial charge is 0.519 e. The molecular formula is C29H26O4. The van der Waals surface area contributed by atoms with E-state index in [0.717, 1.165) is 63.9 Å². The van der Waals surface area contributed by atoms with Gasteiger partial charge in [0.25, 0.3) is 0 Å². The number of hydrogen-bond acceptors (Lipinski definition) is 4. The number of aromatic hydroxyl groups is 1. The molecule has 4 aromatic rings.